The van der Waals surface area contributed by atoms with E-state index in [0.29, 0.717) is 0 Å². The molecule has 1 heterocycles. The maximum absolute atomic E-state index is 6.59. The second-order valence-electron chi connectivity index (χ2n) is 11.6. The number of fused-ring (bicyclic) bond motifs is 8. The normalized spacial score (nSPS) is 13.4. The second kappa shape index (κ2) is 9.31. The van der Waals surface area contributed by atoms with Gasteiger partial charge in [-0.3, -0.25) is 0 Å². The predicted octanol–water partition coefficient (Wildman–Crippen LogP) is 10.7. The lowest BCUT2D eigenvalue weighted by Crippen LogP contribution is -2.28. The summed E-state index contributed by atoms with van der Waals surface area (Å²) in [6.45, 7) is 0. The standard InChI is InChI=1S/C42H28O/c1-3-14-31(15-4-1)42(32-16-5-2-6-17-32)37-21-10-9-19-34(37)35-24-22-28(27-38(35)42)26-30-13-11-20-36-40-33-18-8-7-12-29(33)23-25-39(40)43-41(30)36/h1-25,27H,26H2. The number of para-hydroxylation sites is 1. The van der Waals surface area contributed by atoms with E-state index in [1.165, 1.54) is 66.1 Å². The van der Waals surface area contributed by atoms with E-state index in [-0.39, 0.29) is 0 Å². The lowest BCUT2D eigenvalue weighted by atomic mass is 9.67. The summed E-state index contributed by atoms with van der Waals surface area (Å²) in [6, 6.07) is 57.5. The van der Waals surface area contributed by atoms with Gasteiger partial charge >= 0.3 is 0 Å². The fourth-order valence-electron chi connectivity index (χ4n) is 7.59. The van der Waals surface area contributed by atoms with Crippen molar-refractivity contribution in [3.63, 3.8) is 0 Å². The van der Waals surface area contributed by atoms with E-state index in [9.17, 15) is 0 Å². The van der Waals surface area contributed by atoms with Gasteiger partial charge in [0, 0.05) is 17.2 Å². The van der Waals surface area contributed by atoms with E-state index in [1.54, 1.807) is 0 Å². The minimum Gasteiger partial charge on any atom is -0.456 e. The van der Waals surface area contributed by atoms with Crippen LogP contribution in [-0.2, 0) is 11.8 Å². The third-order valence-electron chi connectivity index (χ3n) is 9.39. The Bertz CT molecular complexity index is 2270. The molecule has 0 spiro atoms. The average molecular weight is 549 g/mol. The van der Waals surface area contributed by atoms with E-state index in [1.807, 2.05) is 0 Å². The molecule has 0 amide bonds. The Kier molecular flexibility index (Phi) is 5.24. The Balaban J connectivity index is 1.26. The molecule has 0 bridgehead atoms. The first-order valence-electron chi connectivity index (χ1n) is 15.0. The van der Waals surface area contributed by atoms with E-state index >= 15 is 0 Å². The van der Waals surface area contributed by atoms with E-state index in [4.69, 9.17) is 4.42 Å². The van der Waals surface area contributed by atoms with Crippen LogP contribution in [0.25, 0.3) is 43.8 Å². The molecule has 8 aromatic rings. The Labute approximate surface area is 250 Å². The molecule has 202 valence electrons. The maximum atomic E-state index is 6.59. The first-order chi connectivity index (χ1) is 21.3. The Morgan fingerprint density at radius 1 is 0.488 bits per heavy atom. The van der Waals surface area contributed by atoms with Gasteiger partial charge in [-0.1, -0.05) is 152 Å². The zero-order valence-corrected chi connectivity index (χ0v) is 23.6. The number of hydrogen-bond acceptors (Lipinski definition) is 1. The lowest BCUT2D eigenvalue weighted by Gasteiger charge is -2.34. The first kappa shape index (κ1) is 24.2. The van der Waals surface area contributed by atoms with Crippen molar-refractivity contribution < 1.29 is 4.42 Å². The van der Waals surface area contributed by atoms with Gasteiger partial charge in [-0.2, -0.15) is 0 Å². The molecule has 0 fully saturated rings. The molecule has 43 heavy (non-hydrogen) atoms. The number of furan rings is 1. The predicted molar refractivity (Wildman–Crippen MR) is 178 cm³/mol. The van der Waals surface area contributed by atoms with Gasteiger partial charge in [0.2, 0.25) is 0 Å². The maximum Gasteiger partial charge on any atom is 0.138 e. The molecule has 0 N–H and O–H groups in total. The van der Waals surface area contributed by atoms with Gasteiger partial charge in [-0.05, 0) is 61.3 Å². The van der Waals surface area contributed by atoms with Crippen LogP contribution in [0.1, 0.15) is 33.4 Å². The molecule has 0 saturated carbocycles. The monoisotopic (exact) mass is 548 g/mol. The minimum atomic E-state index is -0.394. The van der Waals surface area contributed by atoms with Crippen molar-refractivity contribution in [2.75, 3.05) is 0 Å². The second-order valence-corrected chi connectivity index (χ2v) is 11.6. The van der Waals surface area contributed by atoms with Crippen molar-refractivity contribution in [1.29, 1.82) is 0 Å². The van der Waals surface area contributed by atoms with E-state index < -0.39 is 5.41 Å². The molecule has 1 aliphatic rings. The molecule has 0 unspecified atom stereocenters. The molecule has 1 aliphatic carbocycles. The van der Waals surface area contributed by atoms with Gasteiger partial charge in [0.05, 0.1) is 5.41 Å². The molecule has 1 nitrogen and oxygen atoms in total. The summed E-state index contributed by atoms with van der Waals surface area (Å²) < 4.78 is 6.59. The van der Waals surface area contributed by atoms with Gasteiger partial charge in [0.1, 0.15) is 11.2 Å². The summed E-state index contributed by atoms with van der Waals surface area (Å²) in [5.41, 5.74) is 11.9. The third kappa shape index (κ3) is 3.46. The zero-order valence-electron chi connectivity index (χ0n) is 23.6. The summed E-state index contributed by atoms with van der Waals surface area (Å²) in [6.07, 6.45) is 0.790. The van der Waals surface area contributed by atoms with Crippen LogP contribution in [-0.4, -0.2) is 0 Å². The molecule has 1 heteroatoms. The molecule has 9 rings (SSSR count). The Morgan fingerprint density at radius 2 is 1.16 bits per heavy atom. The fraction of sp³-hybridized carbons (Fsp3) is 0.0476. The van der Waals surface area contributed by atoms with Gasteiger partial charge in [-0.25, -0.2) is 0 Å². The van der Waals surface area contributed by atoms with Crippen molar-refractivity contribution in [2.24, 2.45) is 0 Å². The molecule has 7 aromatic carbocycles. The SMILES string of the molecule is c1ccc(C2(c3ccccc3)c3ccccc3-c3ccc(Cc4cccc5c4oc4ccc6ccccc6c45)cc32)cc1. The van der Waals surface area contributed by atoms with Crippen LogP contribution in [0.5, 0.6) is 0 Å². The molecule has 0 radical (unpaired) electrons. The first-order valence-corrected chi connectivity index (χ1v) is 15.0. The average Bonchev–Trinajstić information content (AvgIpc) is 3.60. The van der Waals surface area contributed by atoms with Crippen LogP contribution in [0.3, 0.4) is 0 Å². The van der Waals surface area contributed by atoms with Crippen molar-refractivity contribution in [2.45, 2.75) is 11.8 Å². The smallest absolute Gasteiger partial charge is 0.138 e. The van der Waals surface area contributed by atoms with Crippen molar-refractivity contribution in [1.82, 2.24) is 0 Å². The molecule has 0 aliphatic heterocycles. The third-order valence-corrected chi connectivity index (χ3v) is 9.39. The molecular weight excluding hydrogens is 520 g/mol. The summed E-state index contributed by atoms with van der Waals surface area (Å²) in [4.78, 5) is 0. The van der Waals surface area contributed by atoms with Crippen molar-refractivity contribution in [3.05, 3.63) is 191 Å². The Morgan fingerprint density at radius 3 is 1.98 bits per heavy atom. The van der Waals surface area contributed by atoms with Gasteiger partial charge in [0.15, 0.2) is 0 Å². The van der Waals surface area contributed by atoms with E-state index in [2.05, 4.69) is 158 Å². The fourth-order valence-corrected chi connectivity index (χ4v) is 7.59. The van der Waals surface area contributed by atoms with Crippen LogP contribution >= 0.6 is 0 Å². The zero-order chi connectivity index (χ0) is 28.4. The van der Waals surface area contributed by atoms with Gasteiger partial charge < -0.3 is 4.42 Å². The molecule has 1 aromatic heterocycles. The van der Waals surface area contributed by atoms with Crippen LogP contribution in [0.2, 0.25) is 0 Å². The van der Waals surface area contributed by atoms with Gasteiger partial charge in [-0.15, -0.1) is 0 Å². The van der Waals surface area contributed by atoms with Crippen LogP contribution < -0.4 is 0 Å². The van der Waals surface area contributed by atoms with Crippen LogP contribution in [0.4, 0.5) is 0 Å². The van der Waals surface area contributed by atoms with Crippen LogP contribution in [0.15, 0.2) is 162 Å². The van der Waals surface area contributed by atoms with Gasteiger partial charge in [0.25, 0.3) is 0 Å². The topological polar surface area (TPSA) is 13.1 Å². The highest BCUT2D eigenvalue weighted by molar-refractivity contribution is 6.19. The van der Waals surface area contributed by atoms with Crippen molar-refractivity contribution in [3.8, 4) is 11.1 Å². The largest absolute Gasteiger partial charge is 0.456 e. The number of benzene rings is 7. The Hall–Kier alpha value is -5.40. The number of hydrogen-bond donors (Lipinski definition) is 0. The highest BCUT2D eigenvalue weighted by Crippen LogP contribution is 2.56. The summed E-state index contributed by atoms with van der Waals surface area (Å²) >= 11 is 0. The van der Waals surface area contributed by atoms with E-state index in [0.717, 1.165) is 17.6 Å². The highest BCUT2D eigenvalue weighted by Gasteiger charge is 2.45. The summed E-state index contributed by atoms with van der Waals surface area (Å²) in [7, 11) is 0. The summed E-state index contributed by atoms with van der Waals surface area (Å²) in [5.74, 6) is 0. The highest BCUT2D eigenvalue weighted by atomic mass is 16.3. The van der Waals surface area contributed by atoms with Crippen molar-refractivity contribution >= 4 is 32.7 Å². The molecule has 0 saturated heterocycles. The molecule has 0 atom stereocenters. The minimum absolute atomic E-state index is 0.394. The lowest BCUT2D eigenvalue weighted by molar-refractivity contribution is 0.664. The quantitative estimate of drug-likeness (QED) is 0.213. The number of rotatable bonds is 4. The van der Waals surface area contributed by atoms with Crippen LogP contribution in [0, 0.1) is 0 Å². The summed E-state index contributed by atoms with van der Waals surface area (Å²) in [5, 5.41) is 4.86. The molecular formula is C42H28O.